The molecule has 0 aliphatic heterocycles. The molecule has 120 valence electrons. The van der Waals surface area contributed by atoms with E-state index >= 15 is 0 Å². The second-order valence-corrected chi connectivity index (χ2v) is 8.35. The molecule has 0 bridgehead atoms. The van der Waals surface area contributed by atoms with Gasteiger partial charge in [0, 0.05) is 11.1 Å². The van der Waals surface area contributed by atoms with Crippen LogP contribution in [0.4, 0.5) is 10.8 Å². The molecular formula is C14H15N5OS3. The van der Waals surface area contributed by atoms with E-state index in [-0.39, 0.29) is 5.91 Å². The number of carbonyl (C=O) groups is 1. The topological polar surface area (TPSA) is 93.8 Å². The number of nitrogens with two attached hydrogens (primary N) is 1. The quantitative estimate of drug-likeness (QED) is 0.541. The smallest absolute Gasteiger partial charge is 0.269 e. The SMILES string of the molecule is CCSc1nnc(NC(=O)c2sc3nc(C)cc(C)c3c2N)s1. The highest BCUT2D eigenvalue weighted by Crippen LogP contribution is 2.35. The number of nitrogens with one attached hydrogen (secondary N) is 1. The molecule has 3 aromatic heterocycles. The lowest BCUT2D eigenvalue weighted by atomic mass is 10.1. The average Bonchev–Trinajstić information content (AvgIpc) is 3.04. The molecule has 0 atom stereocenters. The molecule has 0 aliphatic rings. The van der Waals surface area contributed by atoms with Gasteiger partial charge in [-0.3, -0.25) is 10.1 Å². The van der Waals surface area contributed by atoms with Crippen molar-refractivity contribution in [3.8, 4) is 0 Å². The van der Waals surface area contributed by atoms with Crippen LogP contribution in [0.15, 0.2) is 10.4 Å². The van der Waals surface area contributed by atoms with Gasteiger partial charge >= 0.3 is 0 Å². The first-order chi connectivity index (χ1) is 11.0. The lowest BCUT2D eigenvalue weighted by Gasteiger charge is -2.01. The van der Waals surface area contributed by atoms with Crippen molar-refractivity contribution in [1.29, 1.82) is 0 Å². The largest absolute Gasteiger partial charge is 0.397 e. The summed E-state index contributed by atoms with van der Waals surface area (Å²) in [6.07, 6.45) is 0. The van der Waals surface area contributed by atoms with E-state index in [1.807, 2.05) is 26.8 Å². The minimum absolute atomic E-state index is 0.272. The number of aryl methyl sites for hydroxylation is 2. The molecule has 3 rings (SSSR count). The summed E-state index contributed by atoms with van der Waals surface area (Å²) in [7, 11) is 0. The molecule has 0 fully saturated rings. The number of anilines is 2. The number of aromatic nitrogens is 3. The Kier molecular flexibility index (Phi) is 4.51. The molecule has 0 saturated heterocycles. The third-order valence-electron chi connectivity index (χ3n) is 3.13. The Morgan fingerprint density at radius 3 is 2.87 bits per heavy atom. The zero-order chi connectivity index (χ0) is 16.6. The number of rotatable bonds is 4. The Labute approximate surface area is 145 Å². The maximum atomic E-state index is 12.5. The predicted molar refractivity (Wildman–Crippen MR) is 97.8 cm³/mol. The monoisotopic (exact) mass is 365 g/mol. The van der Waals surface area contributed by atoms with Gasteiger partial charge in [-0.2, -0.15) is 0 Å². The number of thioether (sulfide) groups is 1. The van der Waals surface area contributed by atoms with Crippen molar-refractivity contribution < 1.29 is 4.79 Å². The van der Waals surface area contributed by atoms with Gasteiger partial charge in [-0.15, -0.1) is 21.5 Å². The Hall–Kier alpha value is -1.71. The van der Waals surface area contributed by atoms with Gasteiger partial charge in [0.1, 0.15) is 9.71 Å². The van der Waals surface area contributed by atoms with E-state index < -0.39 is 0 Å². The maximum Gasteiger partial charge on any atom is 0.269 e. The maximum absolute atomic E-state index is 12.5. The summed E-state index contributed by atoms with van der Waals surface area (Å²) >= 11 is 4.25. The summed E-state index contributed by atoms with van der Waals surface area (Å²) in [5.74, 6) is 0.641. The molecule has 0 unspecified atom stereocenters. The van der Waals surface area contributed by atoms with Crippen LogP contribution in [-0.4, -0.2) is 26.8 Å². The third kappa shape index (κ3) is 3.17. The number of hydrogen-bond donors (Lipinski definition) is 2. The molecule has 3 heterocycles. The summed E-state index contributed by atoms with van der Waals surface area (Å²) in [6, 6.07) is 1.96. The number of nitrogens with zero attached hydrogens (tertiary/aromatic N) is 3. The molecule has 9 heteroatoms. The Balaban J connectivity index is 1.91. The Morgan fingerprint density at radius 2 is 2.13 bits per heavy atom. The van der Waals surface area contributed by atoms with Gasteiger partial charge in [0.25, 0.3) is 5.91 Å². The first kappa shape index (κ1) is 16.2. The molecular weight excluding hydrogens is 350 g/mol. The van der Waals surface area contributed by atoms with Crippen LogP contribution in [0.3, 0.4) is 0 Å². The van der Waals surface area contributed by atoms with Crippen LogP contribution < -0.4 is 11.1 Å². The second kappa shape index (κ2) is 6.42. The van der Waals surface area contributed by atoms with Crippen LogP contribution in [0.5, 0.6) is 0 Å². The molecule has 0 spiro atoms. The Bertz CT molecular complexity index is 886. The van der Waals surface area contributed by atoms with E-state index in [9.17, 15) is 4.79 Å². The minimum atomic E-state index is -0.272. The summed E-state index contributed by atoms with van der Waals surface area (Å²) in [6.45, 7) is 5.94. The highest BCUT2D eigenvalue weighted by molar-refractivity contribution is 8.01. The molecule has 23 heavy (non-hydrogen) atoms. The lowest BCUT2D eigenvalue weighted by Crippen LogP contribution is -2.11. The van der Waals surface area contributed by atoms with E-state index in [1.54, 1.807) is 11.8 Å². The molecule has 3 aromatic rings. The molecule has 0 aliphatic carbocycles. The van der Waals surface area contributed by atoms with Crippen LogP contribution in [0.25, 0.3) is 10.2 Å². The van der Waals surface area contributed by atoms with E-state index in [1.165, 1.54) is 22.7 Å². The van der Waals surface area contributed by atoms with Crippen LogP contribution in [0.1, 0.15) is 27.9 Å². The van der Waals surface area contributed by atoms with Crippen molar-refractivity contribution in [1.82, 2.24) is 15.2 Å². The molecule has 0 aromatic carbocycles. The highest BCUT2D eigenvalue weighted by atomic mass is 32.2. The van der Waals surface area contributed by atoms with Crippen molar-refractivity contribution in [2.45, 2.75) is 25.1 Å². The van der Waals surface area contributed by atoms with Gasteiger partial charge in [-0.05, 0) is 31.2 Å². The van der Waals surface area contributed by atoms with Crippen LogP contribution in [-0.2, 0) is 0 Å². The van der Waals surface area contributed by atoms with E-state index in [0.29, 0.717) is 15.7 Å². The van der Waals surface area contributed by atoms with Crippen molar-refractivity contribution >= 4 is 61.4 Å². The van der Waals surface area contributed by atoms with E-state index in [4.69, 9.17) is 5.73 Å². The first-order valence-electron chi connectivity index (χ1n) is 6.93. The summed E-state index contributed by atoms with van der Waals surface area (Å²) in [4.78, 5) is 18.2. The zero-order valence-electron chi connectivity index (χ0n) is 12.8. The fourth-order valence-corrected chi connectivity index (χ4v) is 4.99. The fraction of sp³-hybridized carbons (Fsp3) is 0.286. The van der Waals surface area contributed by atoms with Crippen molar-refractivity contribution in [3.05, 3.63) is 22.2 Å². The van der Waals surface area contributed by atoms with Crippen LogP contribution in [0, 0.1) is 13.8 Å². The Morgan fingerprint density at radius 1 is 1.35 bits per heavy atom. The van der Waals surface area contributed by atoms with Gasteiger partial charge in [0.2, 0.25) is 5.13 Å². The molecule has 1 amide bonds. The van der Waals surface area contributed by atoms with Gasteiger partial charge in [0.05, 0.1) is 5.69 Å². The molecule has 3 N–H and O–H groups in total. The molecule has 0 radical (unpaired) electrons. The van der Waals surface area contributed by atoms with Gasteiger partial charge in [-0.25, -0.2) is 4.98 Å². The van der Waals surface area contributed by atoms with E-state index in [2.05, 4.69) is 20.5 Å². The molecule has 6 nitrogen and oxygen atoms in total. The average molecular weight is 366 g/mol. The zero-order valence-corrected chi connectivity index (χ0v) is 15.3. The minimum Gasteiger partial charge on any atom is -0.397 e. The van der Waals surface area contributed by atoms with Gasteiger partial charge < -0.3 is 5.73 Å². The number of pyridine rings is 1. The van der Waals surface area contributed by atoms with Gasteiger partial charge in [0.15, 0.2) is 4.34 Å². The number of carbonyl (C=O) groups excluding carboxylic acids is 1. The lowest BCUT2D eigenvalue weighted by molar-refractivity contribution is 0.103. The number of hydrogen-bond acceptors (Lipinski definition) is 8. The number of fused-ring (bicyclic) bond motifs is 1. The van der Waals surface area contributed by atoms with Gasteiger partial charge in [-0.1, -0.05) is 30.0 Å². The summed E-state index contributed by atoms with van der Waals surface area (Å²) < 4.78 is 0.834. The van der Waals surface area contributed by atoms with Crippen molar-refractivity contribution in [2.75, 3.05) is 16.8 Å². The fourth-order valence-electron chi connectivity index (χ4n) is 2.23. The van der Waals surface area contributed by atoms with Crippen LogP contribution >= 0.6 is 34.4 Å². The first-order valence-corrected chi connectivity index (χ1v) is 9.55. The van der Waals surface area contributed by atoms with Crippen LogP contribution in [0.2, 0.25) is 0 Å². The summed E-state index contributed by atoms with van der Waals surface area (Å²) in [5.41, 5.74) is 8.58. The van der Waals surface area contributed by atoms with E-state index in [0.717, 1.165) is 31.6 Å². The highest BCUT2D eigenvalue weighted by Gasteiger charge is 2.20. The predicted octanol–water partition coefficient (Wildman–Crippen LogP) is 3.71. The van der Waals surface area contributed by atoms with Crippen molar-refractivity contribution in [2.24, 2.45) is 0 Å². The normalized spacial score (nSPS) is 11.1. The second-order valence-electron chi connectivity index (χ2n) is 4.87. The van der Waals surface area contributed by atoms with Crippen molar-refractivity contribution in [3.63, 3.8) is 0 Å². The number of thiophene rings is 1. The number of nitrogen functional groups attached to an aromatic ring is 1. The number of amides is 1. The molecule has 0 saturated carbocycles. The third-order valence-corrected chi connectivity index (χ3v) is 6.08. The summed E-state index contributed by atoms with van der Waals surface area (Å²) in [5, 5.41) is 12.1. The standard InChI is InChI=1S/C14H15N5OS3/c1-4-21-14-19-18-13(23-14)17-11(20)10-9(15)8-6(2)5-7(3)16-12(8)22-10/h5H,4,15H2,1-3H3,(H,17,18,20).